The number of nitrogens with zero attached hydrogens (tertiary/aromatic N) is 2. The van der Waals surface area contributed by atoms with E-state index < -0.39 is 11.8 Å². The third-order valence-corrected chi connectivity index (χ3v) is 2.44. The number of benzene rings is 1. The van der Waals surface area contributed by atoms with Crippen LogP contribution in [0.25, 0.3) is 11.3 Å². The van der Waals surface area contributed by atoms with Crippen molar-refractivity contribution in [3.8, 4) is 11.3 Å². The molecule has 0 saturated carbocycles. The molecule has 1 aromatic heterocycles. The van der Waals surface area contributed by atoms with Crippen molar-refractivity contribution in [3.63, 3.8) is 0 Å². The Bertz CT molecular complexity index is 593. The number of aromatic carboxylic acids is 1. The molecule has 18 heavy (non-hydrogen) atoms. The van der Waals surface area contributed by atoms with E-state index in [2.05, 4.69) is 5.16 Å². The normalized spacial score (nSPS) is 10.4. The van der Waals surface area contributed by atoms with Gasteiger partial charge in [0.25, 0.3) is 0 Å². The van der Waals surface area contributed by atoms with E-state index in [1.54, 1.807) is 31.1 Å². The number of rotatable bonds is 3. The maximum Gasteiger partial charge on any atom is 0.358 e. The van der Waals surface area contributed by atoms with Gasteiger partial charge in [-0.1, -0.05) is 5.16 Å². The molecule has 0 unspecified atom stereocenters. The quantitative estimate of drug-likeness (QED) is 0.904. The summed E-state index contributed by atoms with van der Waals surface area (Å²) in [6.45, 7) is 0. The second-order valence-corrected chi connectivity index (χ2v) is 3.94. The first-order chi connectivity index (χ1) is 8.49. The molecule has 0 amide bonds. The smallest absolute Gasteiger partial charge is 0.358 e. The van der Waals surface area contributed by atoms with Gasteiger partial charge in [-0.2, -0.15) is 0 Å². The standard InChI is InChI=1S/C12H11FN2O3/c1-15(2)10-4-3-7(5-8(10)13)11-6-9(12(16)17)14-18-11/h3-6H,1-2H3,(H,16,17). The molecule has 0 saturated heterocycles. The molecule has 5 nitrogen and oxygen atoms in total. The highest BCUT2D eigenvalue weighted by molar-refractivity contribution is 5.86. The van der Waals surface area contributed by atoms with Crippen LogP contribution in [0.4, 0.5) is 10.1 Å². The summed E-state index contributed by atoms with van der Waals surface area (Å²) in [5.74, 6) is -1.38. The number of hydrogen-bond donors (Lipinski definition) is 1. The number of anilines is 1. The number of carbonyl (C=O) groups is 1. The monoisotopic (exact) mass is 250 g/mol. The molecule has 0 aliphatic carbocycles. The molecule has 0 atom stereocenters. The molecule has 2 aromatic rings. The minimum atomic E-state index is -1.18. The number of carboxylic acids is 1. The summed E-state index contributed by atoms with van der Waals surface area (Å²) in [6.07, 6.45) is 0. The van der Waals surface area contributed by atoms with Crippen LogP contribution in [-0.2, 0) is 0 Å². The van der Waals surface area contributed by atoms with Crippen molar-refractivity contribution in [2.45, 2.75) is 0 Å². The molecule has 1 heterocycles. The van der Waals surface area contributed by atoms with Crippen molar-refractivity contribution in [3.05, 3.63) is 35.8 Å². The minimum absolute atomic E-state index is 0.206. The Balaban J connectivity index is 2.39. The largest absolute Gasteiger partial charge is 0.476 e. The minimum Gasteiger partial charge on any atom is -0.476 e. The van der Waals surface area contributed by atoms with Gasteiger partial charge in [-0.05, 0) is 18.2 Å². The summed E-state index contributed by atoms with van der Waals surface area (Å²) in [6, 6.07) is 5.77. The van der Waals surface area contributed by atoms with Gasteiger partial charge in [-0.15, -0.1) is 0 Å². The summed E-state index contributed by atoms with van der Waals surface area (Å²) in [5.41, 5.74) is 0.678. The van der Waals surface area contributed by atoms with Crippen LogP contribution in [0.3, 0.4) is 0 Å². The summed E-state index contributed by atoms with van der Waals surface area (Å²) in [5, 5.41) is 12.1. The Morgan fingerprint density at radius 2 is 2.11 bits per heavy atom. The van der Waals surface area contributed by atoms with Crippen LogP contribution in [0.1, 0.15) is 10.5 Å². The van der Waals surface area contributed by atoms with Crippen molar-refractivity contribution >= 4 is 11.7 Å². The molecule has 2 rings (SSSR count). The van der Waals surface area contributed by atoms with Crippen molar-refractivity contribution < 1.29 is 18.8 Å². The Labute approximate surface area is 102 Å². The van der Waals surface area contributed by atoms with Crippen molar-refractivity contribution in [1.82, 2.24) is 5.16 Å². The number of hydrogen-bond acceptors (Lipinski definition) is 4. The van der Waals surface area contributed by atoms with E-state index in [-0.39, 0.29) is 11.5 Å². The maximum atomic E-state index is 13.7. The fraction of sp³-hybridized carbons (Fsp3) is 0.167. The van der Waals surface area contributed by atoms with Gasteiger partial charge in [0.1, 0.15) is 5.82 Å². The van der Waals surface area contributed by atoms with E-state index in [1.165, 1.54) is 12.1 Å². The maximum absolute atomic E-state index is 13.7. The number of halogens is 1. The van der Waals surface area contributed by atoms with Crippen LogP contribution < -0.4 is 4.90 Å². The topological polar surface area (TPSA) is 66.6 Å². The lowest BCUT2D eigenvalue weighted by Gasteiger charge is -2.13. The lowest BCUT2D eigenvalue weighted by Crippen LogP contribution is -2.10. The highest BCUT2D eigenvalue weighted by Crippen LogP contribution is 2.26. The fourth-order valence-electron chi connectivity index (χ4n) is 1.53. The fourth-order valence-corrected chi connectivity index (χ4v) is 1.53. The van der Waals surface area contributed by atoms with Crippen LogP contribution in [0.2, 0.25) is 0 Å². The summed E-state index contributed by atoms with van der Waals surface area (Å²) in [4.78, 5) is 12.3. The lowest BCUT2D eigenvalue weighted by atomic mass is 10.1. The first-order valence-electron chi connectivity index (χ1n) is 5.16. The summed E-state index contributed by atoms with van der Waals surface area (Å²) < 4.78 is 18.6. The summed E-state index contributed by atoms with van der Waals surface area (Å²) >= 11 is 0. The molecule has 94 valence electrons. The van der Waals surface area contributed by atoms with E-state index in [0.29, 0.717) is 11.3 Å². The molecule has 0 radical (unpaired) electrons. The molecular formula is C12H11FN2O3. The zero-order chi connectivity index (χ0) is 13.3. The Hall–Kier alpha value is -2.37. The van der Waals surface area contributed by atoms with Crippen LogP contribution in [0, 0.1) is 5.82 Å². The molecule has 0 fully saturated rings. The van der Waals surface area contributed by atoms with E-state index in [1.807, 2.05) is 0 Å². The van der Waals surface area contributed by atoms with Crippen LogP contribution in [0.15, 0.2) is 28.8 Å². The van der Waals surface area contributed by atoms with Gasteiger partial charge in [0.15, 0.2) is 11.5 Å². The Kier molecular flexibility index (Phi) is 3.01. The summed E-state index contributed by atoms with van der Waals surface area (Å²) in [7, 11) is 3.46. The Morgan fingerprint density at radius 1 is 1.39 bits per heavy atom. The third-order valence-electron chi connectivity index (χ3n) is 2.44. The molecule has 0 aliphatic heterocycles. The van der Waals surface area contributed by atoms with Gasteiger partial charge in [0.2, 0.25) is 0 Å². The van der Waals surface area contributed by atoms with E-state index >= 15 is 0 Å². The van der Waals surface area contributed by atoms with Crippen molar-refractivity contribution in [1.29, 1.82) is 0 Å². The van der Waals surface area contributed by atoms with E-state index in [4.69, 9.17) is 9.63 Å². The predicted octanol–water partition coefficient (Wildman–Crippen LogP) is 2.24. The van der Waals surface area contributed by atoms with Crippen molar-refractivity contribution in [2.75, 3.05) is 19.0 Å². The lowest BCUT2D eigenvalue weighted by molar-refractivity contribution is 0.0686. The molecule has 0 aliphatic rings. The van der Waals surface area contributed by atoms with Crippen molar-refractivity contribution in [2.24, 2.45) is 0 Å². The molecule has 0 spiro atoms. The van der Waals surface area contributed by atoms with Gasteiger partial charge in [0, 0.05) is 25.7 Å². The molecule has 1 N–H and O–H groups in total. The first kappa shape index (κ1) is 12.1. The Morgan fingerprint density at radius 3 is 2.61 bits per heavy atom. The second-order valence-electron chi connectivity index (χ2n) is 3.94. The molecule has 1 aromatic carbocycles. The van der Waals surface area contributed by atoms with Crippen LogP contribution >= 0.6 is 0 Å². The first-order valence-corrected chi connectivity index (χ1v) is 5.16. The number of carboxylic acid groups (broad SMARTS) is 1. The molecular weight excluding hydrogens is 239 g/mol. The van der Waals surface area contributed by atoms with Crippen LogP contribution in [-0.4, -0.2) is 30.3 Å². The zero-order valence-electron chi connectivity index (χ0n) is 9.85. The van der Waals surface area contributed by atoms with Gasteiger partial charge in [0.05, 0.1) is 5.69 Å². The van der Waals surface area contributed by atoms with E-state index in [9.17, 15) is 9.18 Å². The van der Waals surface area contributed by atoms with Gasteiger partial charge in [-0.25, -0.2) is 9.18 Å². The van der Waals surface area contributed by atoms with E-state index in [0.717, 1.165) is 0 Å². The van der Waals surface area contributed by atoms with Crippen LogP contribution in [0.5, 0.6) is 0 Å². The third kappa shape index (κ3) is 2.17. The number of aromatic nitrogens is 1. The second kappa shape index (κ2) is 4.48. The SMILES string of the molecule is CN(C)c1ccc(-c2cc(C(=O)O)no2)cc1F. The van der Waals surface area contributed by atoms with Gasteiger partial charge >= 0.3 is 5.97 Å². The van der Waals surface area contributed by atoms with Gasteiger partial charge in [-0.3, -0.25) is 0 Å². The highest BCUT2D eigenvalue weighted by atomic mass is 19.1. The zero-order valence-corrected chi connectivity index (χ0v) is 9.85. The van der Waals surface area contributed by atoms with Gasteiger partial charge < -0.3 is 14.5 Å². The molecule has 0 bridgehead atoms. The average molecular weight is 250 g/mol. The predicted molar refractivity (Wildman–Crippen MR) is 63.2 cm³/mol. The highest BCUT2D eigenvalue weighted by Gasteiger charge is 2.14. The average Bonchev–Trinajstić information content (AvgIpc) is 2.77. The molecule has 6 heteroatoms.